The molecule has 18 heavy (non-hydrogen) atoms. The van der Waals surface area contributed by atoms with Gasteiger partial charge in [0.25, 0.3) is 5.91 Å². The van der Waals surface area contributed by atoms with Gasteiger partial charge in [-0.2, -0.15) is 0 Å². The number of oxime groups is 1. The summed E-state index contributed by atoms with van der Waals surface area (Å²) in [4.78, 5) is 11.9. The van der Waals surface area contributed by atoms with Crippen molar-refractivity contribution >= 4 is 11.7 Å². The first kappa shape index (κ1) is 12.2. The lowest BCUT2D eigenvalue weighted by Gasteiger charge is -2.16. The minimum absolute atomic E-state index is 0.0182. The predicted molar refractivity (Wildman–Crippen MR) is 65.5 cm³/mol. The first-order valence-corrected chi connectivity index (χ1v) is 5.69. The van der Waals surface area contributed by atoms with Crippen molar-refractivity contribution in [2.45, 2.75) is 18.9 Å². The molecule has 1 aromatic carbocycles. The Morgan fingerprint density at radius 2 is 2.00 bits per heavy atom. The normalized spacial score (nSPS) is 17.2. The molecule has 0 heterocycles. The predicted octanol–water partition coefficient (Wildman–Crippen LogP) is 0.647. The molecule has 0 saturated heterocycles. The van der Waals surface area contributed by atoms with Crippen LogP contribution in [-0.2, 0) is 0 Å². The van der Waals surface area contributed by atoms with E-state index < -0.39 is 6.04 Å². The number of nitrogens with zero attached hydrogens (tertiary/aromatic N) is 1. The summed E-state index contributed by atoms with van der Waals surface area (Å²) in [5.74, 6) is 0.0480. The fourth-order valence-electron chi connectivity index (χ4n) is 1.76. The van der Waals surface area contributed by atoms with Gasteiger partial charge in [0.15, 0.2) is 5.84 Å². The largest absolute Gasteiger partial charge is 0.508 e. The molecule has 96 valence electrons. The van der Waals surface area contributed by atoms with Gasteiger partial charge < -0.3 is 21.4 Å². The van der Waals surface area contributed by atoms with Gasteiger partial charge in [-0.3, -0.25) is 4.79 Å². The number of aromatic hydroxyl groups is 1. The molecule has 0 radical (unpaired) electrons. The third-order valence-electron chi connectivity index (χ3n) is 2.94. The Bertz CT molecular complexity index is 466. The lowest BCUT2D eigenvalue weighted by Crippen LogP contribution is -2.46. The van der Waals surface area contributed by atoms with Gasteiger partial charge in [-0.1, -0.05) is 5.16 Å². The van der Waals surface area contributed by atoms with Crippen LogP contribution in [0.4, 0.5) is 0 Å². The summed E-state index contributed by atoms with van der Waals surface area (Å²) in [5, 5.41) is 23.5. The fourth-order valence-corrected chi connectivity index (χ4v) is 1.76. The zero-order valence-electron chi connectivity index (χ0n) is 9.71. The van der Waals surface area contributed by atoms with E-state index in [1.807, 2.05) is 0 Å². The Labute approximate surface area is 104 Å². The lowest BCUT2D eigenvalue weighted by atomic mass is 10.1. The number of hydrogen-bond donors (Lipinski definition) is 4. The molecule has 1 amide bonds. The minimum atomic E-state index is -0.434. The maximum Gasteiger partial charge on any atom is 0.251 e. The zero-order chi connectivity index (χ0) is 13.1. The molecular formula is C12H15N3O3. The number of nitrogens with two attached hydrogens (primary N) is 1. The van der Waals surface area contributed by atoms with E-state index in [9.17, 15) is 4.79 Å². The number of phenolic OH excluding ortho intramolecular Hbond substituents is 1. The molecule has 6 nitrogen and oxygen atoms in total. The summed E-state index contributed by atoms with van der Waals surface area (Å²) < 4.78 is 0. The first-order chi connectivity index (χ1) is 8.61. The van der Waals surface area contributed by atoms with Crippen LogP contribution in [0.3, 0.4) is 0 Å². The molecule has 1 unspecified atom stereocenters. The molecule has 1 atom stereocenters. The number of hydrogen-bond acceptors (Lipinski definition) is 4. The van der Waals surface area contributed by atoms with Crippen LogP contribution in [0.1, 0.15) is 23.2 Å². The van der Waals surface area contributed by atoms with Crippen LogP contribution in [0, 0.1) is 5.92 Å². The Balaban J connectivity index is 2.07. The topological polar surface area (TPSA) is 108 Å². The number of amidine groups is 1. The Morgan fingerprint density at radius 3 is 2.50 bits per heavy atom. The van der Waals surface area contributed by atoms with Crippen molar-refractivity contribution in [1.82, 2.24) is 5.32 Å². The number of carbonyl (C=O) groups is 1. The van der Waals surface area contributed by atoms with Gasteiger partial charge in [-0.25, -0.2) is 0 Å². The maximum atomic E-state index is 11.9. The summed E-state index contributed by atoms with van der Waals surface area (Å²) in [7, 11) is 0. The van der Waals surface area contributed by atoms with Gasteiger partial charge in [-0.15, -0.1) is 0 Å². The summed E-state index contributed by atoms with van der Waals surface area (Å²) in [6, 6.07) is 5.47. The van der Waals surface area contributed by atoms with Gasteiger partial charge in [0, 0.05) is 5.56 Å². The summed E-state index contributed by atoms with van der Waals surface area (Å²) in [6.45, 7) is 0. The van der Waals surface area contributed by atoms with Gasteiger partial charge in [0.2, 0.25) is 0 Å². The summed E-state index contributed by atoms with van der Waals surface area (Å²) in [6.07, 6.45) is 1.91. The number of nitrogens with one attached hydrogen (secondary N) is 1. The molecule has 1 saturated carbocycles. The van der Waals surface area contributed by atoms with Crippen LogP contribution in [0.15, 0.2) is 29.4 Å². The molecule has 1 aliphatic rings. The minimum Gasteiger partial charge on any atom is -0.508 e. The smallest absolute Gasteiger partial charge is 0.251 e. The van der Waals surface area contributed by atoms with E-state index in [4.69, 9.17) is 16.0 Å². The molecule has 0 bridgehead atoms. The number of amides is 1. The fraction of sp³-hybridized carbons (Fsp3) is 0.333. The molecule has 1 aromatic rings. The lowest BCUT2D eigenvalue weighted by molar-refractivity contribution is 0.0943. The quantitative estimate of drug-likeness (QED) is 0.272. The van der Waals surface area contributed by atoms with Crippen LogP contribution >= 0.6 is 0 Å². The standard InChI is InChI=1S/C12H15N3O3/c13-11(15-18)10(7-1-2-7)14-12(17)8-3-5-9(16)6-4-8/h3-7,10,16,18H,1-2H2,(H2,13,15)(H,14,17). The summed E-state index contributed by atoms with van der Waals surface area (Å²) >= 11 is 0. The van der Waals surface area contributed by atoms with E-state index in [0.29, 0.717) is 5.56 Å². The highest BCUT2D eigenvalue weighted by atomic mass is 16.4. The molecule has 6 heteroatoms. The van der Waals surface area contributed by atoms with Crippen LogP contribution in [0.5, 0.6) is 5.75 Å². The zero-order valence-corrected chi connectivity index (χ0v) is 9.71. The third-order valence-corrected chi connectivity index (χ3v) is 2.94. The number of carbonyl (C=O) groups excluding carboxylic acids is 1. The van der Waals surface area contributed by atoms with Crippen molar-refractivity contribution in [3.8, 4) is 5.75 Å². The van der Waals surface area contributed by atoms with Crippen molar-refractivity contribution in [1.29, 1.82) is 0 Å². The number of phenols is 1. The van der Waals surface area contributed by atoms with Gasteiger partial charge in [0.1, 0.15) is 5.75 Å². The second-order valence-electron chi connectivity index (χ2n) is 4.36. The monoisotopic (exact) mass is 249 g/mol. The van der Waals surface area contributed by atoms with E-state index in [1.165, 1.54) is 24.3 Å². The van der Waals surface area contributed by atoms with Crippen molar-refractivity contribution < 1.29 is 15.1 Å². The van der Waals surface area contributed by atoms with Gasteiger partial charge in [-0.05, 0) is 43.0 Å². The molecule has 0 aromatic heterocycles. The molecular weight excluding hydrogens is 234 g/mol. The second kappa shape index (κ2) is 4.95. The van der Waals surface area contributed by atoms with Crippen molar-refractivity contribution in [2.24, 2.45) is 16.8 Å². The van der Waals surface area contributed by atoms with E-state index in [0.717, 1.165) is 12.8 Å². The molecule has 1 aliphatic carbocycles. The number of benzene rings is 1. The summed E-state index contributed by atoms with van der Waals surface area (Å²) in [5.41, 5.74) is 5.97. The highest BCUT2D eigenvalue weighted by Crippen LogP contribution is 2.32. The first-order valence-electron chi connectivity index (χ1n) is 5.69. The Kier molecular flexibility index (Phi) is 3.36. The van der Waals surface area contributed by atoms with Crippen LogP contribution in [-0.4, -0.2) is 28.1 Å². The van der Waals surface area contributed by atoms with E-state index >= 15 is 0 Å². The average molecular weight is 249 g/mol. The highest BCUT2D eigenvalue weighted by Gasteiger charge is 2.35. The average Bonchev–Trinajstić information content (AvgIpc) is 3.20. The van der Waals surface area contributed by atoms with Crippen molar-refractivity contribution in [3.05, 3.63) is 29.8 Å². The van der Waals surface area contributed by atoms with E-state index in [-0.39, 0.29) is 23.4 Å². The highest BCUT2D eigenvalue weighted by molar-refractivity contribution is 5.98. The molecule has 5 N–H and O–H groups in total. The van der Waals surface area contributed by atoms with Crippen molar-refractivity contribution in [3.63, 3.8) is 0 Å². The molecule has 2 rings (SSSR count). The van der Waals surface area contributed by atoms with Crippen LogP contribution < -0.4 is 11.1 Å². The molecule has 1 fully saturated rings. The van der Waals surface area contributed by atoms with E-state index in [1.54, 1.807) is 0 Å². The van der Waals surface area contributed by atoms with Gasteiger partial charge >= 0.3 is 0 Å². The van der Waals surface area contributed by atoms with Crippen LogP contribution in [0.2, 0.25) is 0 Å². The van der Waals surface area contributed by atoms with E-state index in [2.05, 4.69) is 10.5 Å². The molecule has 0 spiro atoms. The number of rotatable bonds is 4. The Hall–Kier alpha value is -2.24. The Morgan fingerprint density at radius 1 is 1.39 bits per heavy atom. The third kappa shape index (κ3) is 2.71. The SMILES string of the molecule is NC(=NO)C(NC(=O)c1ccc(O)cc1)C1CC1. The maximum absolute atomic E-state index is 11.9. The van der Waals surface area contributed by atoms with Gasteiger partial charge in [0.05, 0.1) is 6.04 Å². The second-order valence-corrected chi connectivity index (χ2v) is 4.36. The molecule has 0 aliphatic heterocycles. The van der Waals surface area contributed by atoms with Crippen LogP contribution in [0.25, 0.3) is 0 Å². The van der Waals surface area contributed by atoms with Crippen molar-refractivity contribution in [2.75, 3.05) is 0 Å².